The van der Waals surface area contributed by atoms with Gasteiger partial charge < -0.3 is 5.73 Å². The molecule has 1 atom stereocenters. The fourth-order valence-corrected chi connectivity index (χ4v) is 1.85. The van der Waals surface area contributed by atoms with E-state index < -0.39 is 0 Å². The van der Waals surface area contributed by atoms with Crippen LogP contribution in [0.5, 0.6) is 0 Å². The predicted octanol–water partition coefficient (Wildman–Crippen LogP) is 1.84. The Labute approximate surface area is 95.9 Å². The minimum Gasteiger partial charge on any atom is -0.321 e. The average molecular weight is 215 g/mol. The average Bonchev–Trinajstić information content (AvgIpc) is 2.64. The molecule has 0 saturated heterocycles. The lowest BCUT2D eigenvalue weighted by Crippen LogP contribution is -2.35. The monoisotopic (exact) mass is 215 g/mol. The second-order valence-electron chi connectivity index (χ2n) is 4.44. The minimum absolute atomic E-state index is 0.365. The second kappa shape index (κ2) is 4.10. The van der Waals surface area contributed by atoms with E-state index in [2.05, 4.69) is 17.2 Å². The highest BCUT2D eigenvalue weighted by Crippen LogP contribution is 2.21. The Morgan fingerprint density at radius 2 is 1.94 bits per heavy atom. The van der Waals surface area contributed by atoms with Gasteiger partial charge >= 0.3 is 0 Å². The van der Waals surface area contributed by atoms with E-state index in [9.17, 15) is 0 Å². The molecular weight excluding hydrogens is 198 g/mol. The van der Waals surface area contributed by atoms with Crippen molar-refractivity contribution in [2.75, 3.05) is 0 Å². The number of nitrogens with two attached hydrogens (primary N) is 1. The maximum absolute atomic E-state index is 6.33. The van der Waals surface area contributed by atoms with Crippen LogP contribution in [0, 0.1) is 0 Å². The number of rotatable bonds is 3. The molecule has 0 bridgehead atoms. The molecule has 2 N–H and O–H groups in total. The topological polar surface area (TPSA) is 43.8 Å². The molecule has 0 saturated carbocycles. The van der Waals surface area contributed by atoms with Crippen LogP contribution in [0.1, 0.15) is 18.2 Å². The van der Waals surface area contributed by atoms with Crippen molar-refractivity contribution in [3.05, 3.63) is 53.9 Å². The standard InChI is InChI=1S/C13H17N3/c1-13(14,11-6-4-3-5-7-11)10-12-8-9-16(2)15-12/h3-9H,10,14H2,1-2H3. The third-order valence-electron chi connectivity index (χ3n) is 2.75. The third kappa shape index (κ3) is 2.31. The first-order valence-corrected chi connectivity index (χ1v) is 5.41. The number of benzene rings is 1. The molecule has 1 unspecified atom stereocenters. The van der Waals surface area contributed by atoms with Crippen LogP contribution in [0.15, 0.2) is 42.6 Å². The molecule has 1 aromatic heterocycles. The Hall–Kier alpha value is -1.61. The molecular formula is C13H17N3. The highest BCUT2D eigenvalue weighted by molar-refractivity contribution is 5.25. The number of hydrogen-bond donors (Lipinski definition) is 1. The summed E-state index contributed by atoms with van der Waals surface area (Å²) in [7, 11) is 1.92. The summed E-state index contributed by atoms with van der Waals surface area (Å²) >= 11 is 0. The van der Waals surface area contributed by atoms with Crippen molar-refractivity contribution in [1.29, 1.82) is 0 Å². The zero-order chi connectivity index (χ0) is 11.6. The lowest BCUT2D eigenvalue weighted by atomic mass is 9.88. The Balaban J connectivity index is 2.20. The first kappa shape index (κ1) is 10.9. The number of nitrogens with zero attached hydrogens (tertiary/aromatic N) is 2. The zero-order valence-corrected chi connectivity index (χ0v) is 9.72. The van der Waals surface area contributed by atoms with E-state index in [1.807, 2.05) is 44.4 Å². The summed E-state index contributed by atoms with van der Waals surface area (Å²) in [5.41, 5.74) is 8.13. The van der Waals surface area contributed by atoms with Crippen molar-refractivity contribution in [2.24, 2.45) is 12.8 Å². The summed E-state index contributed by atoms with van der Waals surface area (Å²) in [6.45, 7) is 2.04. The fourth-order valence-electron chi connectivity index (χ4n) is 1.85. The molecule has 16 heavy (non-hydrogen) atoms. The lowest BCUT2D eigenvalue weighted by Gasteiger charge is -2.24. The first-order valence-electron chi connectivity index (χ1n) is 5.41. The predicted molar refractivity (Wildman–Crippen MR) is 64.9 cm³/mol. The highest BCUT2D eigenvalue weighted by Gasteiger charge is 2.22. The molecule has 0 aliphatic rings. The van der Waals surface area contributed by atoms with Crippen molar-refractivity contribution in [3.8, 4) is 0 Å². The summed E-state index contributed by atoms with van der Waals surface area (Å²) < 4.78 is 1.80. The van der Waals surface area contributed by atoms with Crippen LogP contribution >= 0.6 is 0 Å². The van der Waals surface area contributed by atoms with Gasteiger partial charge in [-0.1, -0.05) is 30.3 Å². The molecule has 1 heterocycles. The molecule has 3 heteroatoms. The molecule has 0 radical (unpaired) electrons. The van der Waals surface area contributed by atoms with Gasteiger partial charge in [0.2, 0.25) is 0 Å². The zero-order valence-electron chi connectivity index (χ0n) is 9.72. The molecule has 0 spiro atoms. The van der Waals surface area contributed by atoms with Gasteiger partial charge in [0.15, 0.2) is 0 Å². The molecule has 2 aromatic rings. The van der Waals surface area contributed by atoms with E-state index in [1.54, 1.807) is 4.68 Å². The molecule has 0 fully saturated rings. The van der Waals surface area contributed by atoms with Gasteiger partial charge in [0, 0.05) is 25.2 Å². The quantitative estimate of drug-likeness (QED) is 0.849. The van der Waals surface area contributed by atoms with E-state index in [4.69, 9.17) is 5.73 Å². The van der Waals surface area contributed by atoms with Crippen molar-refractivity contribution < 1.29 is 0 Å². The maximum atomic E-state index is 6.33. The van der Waals surface area contributed by atoms with Crippen molar-refractivity contribution in [2.45, 2.75) is 18.9 Å². The van der Waals surface area contributed by atoms with Crippen molar-refractivity contribution in [3.63, 3.8) is 0 Å². The smallest absolute Gasteiger partial charge is 0.0646 e. The molecule has 0 aliphatic carbocycles. The van der Waals surface area contributed by atoms with E-state index in [0.717, 1.165) is 17.7 Å². The molecule has 84 valence electrons. The summed E-state index contributed by atoms with van der Waals surface area (Å²) in [6.07, 6.45) is 2.69. The van der Waals surface area contributed by atoms with E-state index in [1.165, 1.54) is 0 Å². The summed E-state index contributed by atoms with van der Waals surface area (Å²) in [6, 6.07) is 12.2. The summed E-state index contributed by atoms with van der Waals surface area (Å²) in [4.78, 5) is 0. The summed E-state index contributed by atoms with van der Waals surface area (Å²) in [5.74, 6) is 0. The van der Waals surface area contributed by atoms with E-state index in [0.29, 0.717) is 0 Å². The lowest BCUT2D eigenvalue weighted by molar-refractivity contribution is 0.482. The van der Waals surface area contributed by atoms with Gasteiger partial charge in [-0.15, -0.1) is 0 Å². The van der Waals surface area contributed by atoms with Gasteiger partial charge in [0.05, 0.1) is 5.69 Å². The van der Waals surface area contributed by atoms with E-state index in [-0.39, 0.29) is 5.54 Å². The van der Waals surface area contributed by atoms with Crippen LogP contribution in [-0.4, -0.2) is 9.78 Å². The maximum Gasteiger partial charge on any atom is 0.0646 e. The van der Waals surface area contributed by atoms with Crippen LogP contribution in [0.4, 0.5) is 0 Å². The molecule has 0 aliphatic heterocycles. The normalized spacial score (nSPS) is 14.7. The highest BCUT2D eigenvalue weighted by atomic mass is 15.2. The SMILES string of the molecule is Cn1ccc(CC(C)(N)c2ccccc2)n1. The fraction of sp³-hybridized carbons (Fsp3) is 0.308. The largest absolute Gasteiger partial charge is 0.321 e. The van der Waals surface area contributed by atoms with Crippen LogP contribution in [0.3, 0.4) is 0 Å². The van der Waals surface area contributed by atoms with Gasteiger partial charge in [-0.3, -0.25) is 4.68 Å². The Morgan fingerprint density at radius 1 is 1.25 bits per heavy atom. The van der Waals surface area contributed by atoms with Gasteiger partial charge in [-0.2, -0.15) is 5.10 Å². The number of aryl methyl sites for hydroxylation is 1. The van der Waals surface area contributed by atoms with Gasteiger partial charge in [-0.25, -0.2) is 0 Å². The Morgan fingerprint density at radius 3 is 2.50 bits per heavy atom. The van der Waals surface area contributed by atoms with Crippen molar-refractivity contribution >= 4 is 0 Å². The third-order valence-corrected chi connectivity index (χ3v) is 2.75. The molecule has 2 rings (SSSR count). The minimum atomic E-state index is -0.365. The first-order chi connectivity index (χ1) is 7.58. The van der Waals surface area contributed by atoms with Gasteiger partial charge in [0.1, 0.15) is 0 Å². The number of hydrogen-bond acceptors (Lipinski definition) is 2. The number of aromatic nitrogens is 2. The van der Waals surface area contributed by atoms with Crippen LogP contribution in [0.2, 0.25) is 0 Å². The van der Waals surface area contributed by atoms with Crippen molar-refractivity contribution in [1.82, 2.24) is 9.78 Å². The second-order valence-corrected chi connectivity index (χ2v) is 4.44. The summed E-state index contributed by atoms with van der Waals surface area (Å²) in [5, 5.41) is 4.36. The van der Waals surface area contributed by atoms with Crippen LogP contribution < -0.4 is 5.73 Å². The molecule has 0 amide bonds. The van der Waals surface area contributed by atoms with Crippen LogP contribution in [0.25, 0.3) is 0 Å². The van der Waals surface area contributed by atoms with Gasteiger partial charge in [-0.05, 0) is 18.6 Å². The van der Waals surface area contributed by atoms with E-state index >= 15 is 0 Å². The van der Waals surface area contributed by atoms with Crippen LogP contribution in [-0.2, 0) is 19.0 Å². The Bertz CT molecular complexity index is 457. The Kier molecular flexibility index (Phi) is 2.79. The molecule has 3 nitrogen and oxygen atoms in total. The molecule has 1 aromatic carbocycles. The van der Waals surface area contributed by atoms with Gasteiger partial charge in [0.25, 0.3) is 0 Å².